The van der Waals surface area contributed by atoms with Gasteiger partial charge < -0.3 is 5.32 Å². The van der Waals surface area contributed by atoms with E-state index in [1.165, 1.54) is 18.2 Å². The van der Waals surface area contributed by atoms with Gasteiger partial charge in [0, 0.05) is 11.1 Å². The van der Waals surface area contributed by atoms with Crippen LogP contribution in [-0.2, 0) is 0 Å². The number of halogens is 2. The van der Waals surface area contributed by atoms with Crippen molar-refractivity contribution in [1.82, 2.24) is 0 Å². The molecule has 10 heteroatoms. The number of carbonyl (C=O) groups excluding carboxylic acids is 1. The van der Waals surface area contributed by atoms with Crippen LogP contribution in [-0.4, -0.2) is 15.8 Å². The van der Waals surface area contributed by atoms with E-state index in [1.807, 2.05) is 0 Å². The highest BCUT2D eigenvalue weighted by Crippen LogP contribution is 2.28. The summed E-state index contributed by atoms with van der Waals surface area (Å²) < 4.78 is 0. The third-order valence-electron chi connectivity index (χ3n) is 2.81. The Morgan fingerprint density at radius 1 is 1.00 bits per heavy atom. The predicted octanol–water partition coefficient (Wildman–Crippen LogP) is 4.06. The van der Waals surface area contributed by atoms with Crippen LogP contribution in [0.1, 0.15) is 10.4 Å². The Hall–Kier alpha value is -2.71. The molecule has 118 valence electrons. The maximum absolute atomic E-state index is 12.2. The molecule has 1 N–H and O–H groups in total. The Morgan fingerprint density at radius 2 is 1.70 bits per heavy atom. The highest BCUT2D eigenvalue weighted by Gasteiger charge is 2.24. The van der Waals surface area contributed by atoms with E-state index in [1.54, 1.807) is 0 Å². The summed E-state index contributed by atoms with van der Waals surface area (Å²) in [6.07, 6.45) is 0. The molecule has 2 rings (SSSR count). The number of hydrogen-bond donors (Lipinski definition) is 1. The van der Waals surface area contributed by atoms with Crippen LogP contribution in [0.15, 0.2) is 36.4 Å². The van der Waals surface area contributed by atoms with Crippen molar-refractivity contribution in [3.63, 3.8) is 0 Å². The van der Waals surface area contributed by atoms with E-state index >= 15 is 0 Å². The summed E-state index contributed by atoms with van der Waals surface area (Å²) in [6, 6.07) is 7.04. The Balaban J connectivity index is 2.38. The molecule has 0 heterocycles. The van der Waals surface area contributed by atoms with Gasteiger partial charge in [0.1, 0.15) is 5.56 Å². The molecular weight excluding hydrogens is 349 g/mol. The second-order valence-electron chi connectivity index (χ2n) is 4.29. The normalized spacial score (nSPS) is 10.2. The largest absolute Gasteiger partial charge is 0.320 e. The number of carbonyl (C=O) groups is 1. The van der Waals surface area contributed by atoms with Gasteiger partial charge in [-0.3, -0.25) is 25.0 Å². The van der Waals surface area contributed by atoms with Crippen molar-refractivity contribution in [1.29, 1.82) is 0 Å². The fourth-order valence-electron chi connectivity index (χ4n) is 1.76. The molecule has 0 saturated heterocycles. The maximum atomic E-state index is 12.2. The average molecular weight is 356 g/mol. The van der Waals surface area contributed by atoms with Crippen LogP contribution >= 0.6 is 23.2 Å². The summed E-state index contributed by atoms with van der Waals surface area (Å²) in [4.78, 5) is 32.2. The Bertz CT molecular complexity index is 825. The molecule has 0 radical (unpaired) electrons. The molecule has 2 aromatic carbocycles. The van der Waals surface area contributed by atoms with Crippen LogP contribution in [0.5, 0.6) is 0 Å². The van der Waals surface area contributed by atoms with Crippen molar-refractivity contribution >= 4 is 46.2 Å². The molecule has 0 spiro atoms. The van der Waals surface area contributed by atoms with Gasteiger partial charge >= 0.3 is 0 Å². The number of benzene rings is 2. The number of anilines is 1. The van der Waals surface area contributed by atoms with Crippen LogP contribution in [0.4, 0.5) is 17.1 Å². The van der Waals surface area contributed by atoms with Crippen LogP contribution in [0.3, 0.4) is 0 Å². The number of hydrogen-bond acceptors (Lipinski definition) is 5. The smallest absolute Gasteiger partial charge is 0.289 e. The molecule has 0 aromatic heterocycles. The topological polar surface area (TPSA) is 115 Å². The van der Waals surface area contributed by atoms with E-state index < -0.39 is 27.1 Å². The number of non-ortho nitro benzene ring substituents is 1. The Morgan fingerprint density at radius 3 is 2.26 bits per heavy atom. The summed E-state index contributed by atoms with van der Waals surface area (Å²) in [5.41, 5.74) is -1.29. The number of nitrogens with one attached hydrogen (secondary N) is 1. The van der Waals surface area contributed by atoms with Crippen molar-refractivity contribution in [3.05, 3.63) is 72.2 Å². The van der Waals surface area contributed by atoms with Gasteiger partial charge in [-0.2, -0.15) is 0 Å². The van der Waals surface area contributed by atoms with Gasteiger partial charge in [-0.05, 0) is 24.3 Å². The first-order valence-corrected chi connectivity index (χ1v) is 6.74. The van der Waals surface area contributed by atoms with Gasteiger partial charge in [-0.15, -0.1) is 0 Å². The van der Waals surface area contributed by atoms with Crippen molar-refractivity contribution < 1.29 is 14.6 Å². The van der Waals surface area contributed by atoms with E-state index in [9.17, 15) is 25.0 Å². The summed E-state index contributed by atoms with van der Waals surface area (Å²) in [5.74, 6) is -0.823. The van der Waals surface area contributed by atoms with E-state index in [-0.39, 0.29) is 16.3 Å². The number of rotatable bonds is 4. The standard InChI is InChI=1S/C13H7Cl2N3O5/c14-7-1-4-11(10(15)5-7)16-13(19)9-3-2-8(17(20)21)6-12(9)18(22)23/h1-6H,(H,16,19). The molecule has 0 bridgehead atoms. The lowest BCUT2D eigenvalue weighted by Gasteiger charge is -2.08. The van der Waals surface area contributed by atoms with Crippen LogP contribution in [0.25, 0.3) is 0 Å². The second kappa shape index (κ2) is 6.59. The maximum Gasteiger partial charge on any atom is 0.289 e. The summed E-state index contributed by atoms with van der Waals surface area (Å²) in [6.45, 7) is 0. The highest BCUT2D eigenvalue weighted by molar-refractivity contribution is 6.36. The van der Waals surface area contributed by atoms with Gasteiger partial charge in [0.2, 0.25) is 0 Å². The summed E-state index contributed by atoms with van der Waals surface area (Å²) in [5, 5.41) is 24.6. The van der Waals surface area contributed by atoms with Crippen molar-refractivity contribution in [2.75, 3.05) is 5.32 Å². The summed E-state index contributed by atoms with van der Waals surface area (Å²) in [7, 11) is 0. The minimum absolute atomic E-state index is 0.149. The van der Waals surface area contributed by atoms with Gasteiger partial charge in [0.05, 0.1) is 26.6 Å². The van der Waals surface area contributed by atoms with E-state index in [2.05, 4.69) is 5.32 Å². The zero-order valence-electron chi connectivity index (χ0n) is 11.2. The van der Waals surface area contributed by atoms with Gasteiger partial charge in [-0.25, -0.2) is 0 Å². The predicted molar refractivity (Wildman–Crippen MR) is 84.2 cm³/mol. The Kier molecular flexibility index (Phi) is 4.77. The van der Waals surface area contributed by atoms with Crippen molar-refractivity contribution in [2.24, 2.45) is 0 Å². The average Bonchev–Trinajstić information content (AvgIpc) is 2.49. The molecule has 1 amide bonds. The zero-order valence-corrected chi connectivity index (χ0v) is 12.7. The third-order valence-corrected chi connectivity index (χ3v) is 3.36. The van der Waals surface area contributed by atoms with Crippen molar-refractivity contribution in [3.8, 4) is 0 Å². The molecule has 0 fully saturated rings. The molecule has 0 saturated carbocycles. The molecule has 0 aliphatic heterocycles. The van der Waals surface area contributed by atoms with Gasteiger partial charge in [0.15, 0.2) is 0 Å². The molecule has 0 aliphatic rings. The second-order valence-corrected chi connectivity index (χ2v) is 5.14. The number of nitro benzene ring substituents is 2. The minimum atomic E-state index is -0.870. The Labute approximate surface area is 138 Å². The molecule has 0 unspecified atom stereocenters. The van der Waals surface area contributed by atoms with E-state index in [0.29, 0.717) is 5.02 Å². The third kappa shape index (κ3) is 3.74. The van der Waals surface area contributed by atoms with Crippen LogP contribution in [0, 0.1) is 20.2 Å². The van der Waals surface area contributed by atoms with E-state index in [4.69, 9.17) is 23.2 Å². The molecule has 0 aliphatic carbocycles. The number of nitro groups is 2. The summed E-state index contributed by atoms with van der Waals surface area (Å²) >= 11 is 11.6. The monoisotopic (exact) mass is 355 g/mol. The lowest BCUT2D eigenvalue weighted by molar-refractivity contribution is -0.394. The number of amides is 1. The molecule has 2 aromatic rings. The first kappa shape index (κ1) is 16.7. The van der Waals surface area contributed by atoms with Crippen LogP contribution in [0.2, 0.25) is 10.0 Å². The molecular formula is C13H7Cl2N3O5. The van der Waals surface area contributed by atoms with Gasteiger partial charge in [-0.1, -0.05) is 23.2 Å². The van der Waals surface area contributed by atoms with Gasteiger partial charge in [0.25, 0.3) is 17.3 Å². The fraction of sp³-hybridized carbons (Fsp3) is 0. The minimum Gasteiger partial charge on any atom is -0.320 e. The lowest BCUT2D eigenvalue weighted by Crippen LogP contribution is -2.14. The SMILES string of the molecule is O=C(Nc1ccc(Cl)cc1Cl)c1ccc([N+](=O)[O-])cc1[N+](=O)[O-]. The highest BCUT2D eigenvalue weighted by atomic mass is 35.5. The van der Waals surface area contributed by atoms with Crippen molar-refractivity contribution in [2.45, 2.75) is 0 Å². The number of nitrogens with zero attached hydrogens (tertiary/aromatic N) is 2. The molecule has 8 nitrogen and oxygen atoms in total. The molecule has 0 atom stereocenters. The fourth-order valence-corrected chi connectivity index (χ4v) is 2.21. The zero-order chi connectivity index (χ0) is 17.1. The first-order valence-electron chi connectivity index (χ1n) is 5.99. The molecule has 23 heavy (non-hydrogen) atoms. The quantitative estimate of drug-likeness (QED) is 0.655. The first-order chi connectivity index (χ1) is 10.8. The van der Waals surface area contributed by atoms with E-state index in [0.717, 1.165) is 18.2 Å². The van der Waals surface area contributed by atoms with Crippen LogP contribution < -0.4 is 5.32 Å². The lowest BCUT2D eigenvalue weighted by atomic mass is 10.1.